The highest BCUT2D eigenvalue weighted by Gasteiger charge is 2.07. The van der Waals surface area contributed by atoms with Crippen molar-refractivity contribution in [3.05, 3.63) is 59.3 Å². The Morgan fingerprint density at radius 3 is 2.70 bits per heavy atom. The Bertz CT molecular complexity index is 632. The molecule has 0 spiro atoms. The van der Waals surface area contributed by atoms with E-state index in [2.05, 4.69) is 15.6 Å². The van der Waals surface area contributed by atoms with Crippen LogP contribution >= 0.6 is 0 Å². The van der Waals surface area contributed by atoms with Crippen molar-refractivity contribution in [2.24, 2.45) is 0 Å². The van der Waals surface area contributed by atoms with Gasteiger partial charge in [-0.15, -0.1) is 0 Å². The topological polar surface area (TPSA) is 54.0 Å². The van der Waals surface area contributed by atoms with Crippen LogP contribution in [0.15, 0.2) is 36.5 Å². The molecule has 4 nitrogen and oxygen atoms in total. The number of nitrogens with zero attached hydrogens (tertiary/aromatic N) is 1. The molecule has 2 rings (SSSR count). The summed E-state index contributed by atoms with van der Waals surface area (Å²) in [4.78, 5) is 15.9. The second-order valence-electron chi connectivity index (χ2n) is 4.11. The summed E-state index contributed by atoms with van der Waals surface area (Å²) in [7, 11) is 1.70. The van der Waals surface area contributed by atoms with Gasteiger partial charge >= 0.3 is 0 Å². The summed E-state index contributed by atoms with van der Waals surface area (Å²) >= 11 is 0. The third-order valence-electron chi connectivity index (χ3n) is 2.72. The van der Waals surface area contributed by atoms with Gasteiger partial charge in [-0.2, -0.15) is 0 Å². The van der Waals surface area contributed by atoms with E-state index >= 15 is 0 Å². The van der Waals surface area contributed by atoms with E-state index in [0.717, 1.165) is 12.1 Å². The number of carbonyl (C=O) groups is 1. The number of benzene rings is 1. The fraction of sp³-hybridized carbons (Fsp3) is 0.143. The normalized spacial score (nSPS) is 10.2. The Labute approximate surface area is 114 Å². The molecule has 104 valence electrons. The van der Waals surface area contributed by atoms with Gasteiger partial charge in [0.1, 0.15) is 5.82 Å². The van der Waals surface area contributed by atoms with E-state index < -0.39 is 11.6 Å². The molecule has 1 aromatic carbocycles. The summed E-state index contributed by atoms with van der Waals surface area (Å²) in [5.41, 5.74) is 0.923. The summed E-state index contributed by atoms with van der Waals surface area (Å²) in [6, 6.07) is 6.68. The standard InChI is InChI=1S/C14H13F2N3O/c1-17-13-7-10(4-5-18-13)14(20)19-8-9-2-3-11(15)12(16)6-9/h2-7H,8H2,1H3,(H,17,18)(H,19,20). The third kappa shape index (κ3) is 3.28. The average Bonchev–Trinajstić information content (AvgIpc) is 2.48. The molecule has 0 aliphatic heterocycles. The fourth-order valence-electron chi connectivity index (χ4n) is 1.64. The van der Waals surface area contributed by atoms with E-state index in [0.29, 0.717) is 16.9 Å². The monoisotopic (exact) mass is 277 g/mol. The Hall–Kier alpha value is -2.50. The van der Waals surface area contributed by atoms with Crippen molar-refractivity contribution in [3.8, 4) is 0 Å². The molecule has 1 heterocycles. The Morgan fingerprint density at radius 2 is 2.00 bits per heavy atom. The first-order valence-corrected chi connectivity index (χ1v) is 5.96. The molecule has 1 aromatic heterocycles. The molecule has 0 saturated heterocycles. The maximum Gasteiger partial charge on any atom is 0.251 e. The highest BCUT2D eigenvalue weighted by molar-refractivity contribution is 5.94. The molecular formula is C14H13F2N3O. The predicted molar refractivity (Wildman–Crippen MR) is 71.3 cm³/mol. The maximum atomic E-state index is 13.0. The first-order chi connectivity index (χ1) is 9.60. The Kier molecular flexibility index (Phi) is 4.24. The van der Waals surface area contributed by atoms with E-state index in [9.17, 15) is 13.6 Å². The lowest BCUT2D eigenvalue weighted by Gasteiger charge is -2.07. The van der Waals surface area contributed by atoms with Crippen LogP contribution in [0.25, 0.3) is 0 Å². The van der Waals surface area contributed by atoms with Gasteiger partial charge in [0.25, 0.3) is 5.91 Å². The zero-order chi connectivity index (χ0) is 14.5. The summed E-state index contributed by atoms with van der Waals surface area (Å²) < 4.78 is 25.8. The van der Waals surface area contributed by atoms with Gasteiger partial charge in [-0.1, -0.05) is 6.07 Å². The van der Waals surface area contributed by atoms with Crippen LogP contribution in [-0.4, -0.2) is 17.9 Å². The van der Waals surface area contributed by atoms with Gasteiger partial charge in [0, 0.05) is 25.4 Å². The number of halogens is 2. The minimum atomic E-state index is -0.932. The van der Waals surface area contributed by atoms with Crippen LogP contribution in [0.2, 0.25) is 0 Å². The second kappa shape index (κ2) is 6.10. The van der Waals surface area contributed by atoms with Crippen molar-refractivity contribution >= 4 is 11.7 Å². The van der Waals surface area contributed by atoms with E-state index in [1.165, 1.54) is 12.3 Å². The minimum Gasteiger partial charge on any atom is -0.373 e. The van der Waals surface area contributed by atoms with Crippen molar-refractivity contribution in [1.29, 1.82) is 0 Å². The second-order valence-corrected chi connectivity index (χ2v) is 4.11. The number of amides is 1. The molecule has 0 unspecified atom stereocenters. The van der Waals surface area contributed by atoms with Gasteiger partial charge in [-0.3, -0.25) is 4.79 Å². The Balaban J connectivity index is 2.02. The van der Waals surface area contributed by atoms with Gasteiger partial charge in [0.05, 0.1) is 0 Å². The smallest absolute Gasteiger partial charge is 0.251 e. The number of carbonyl (C=O) groups excluding carboxylic acids is 1. The molecule has 2 aromatic rings. The van der Waals surface area contributed by atoms with Gasteiger partial charge in [-0.25, -0.2) is 13.8 Å². The molecule has 0 fully saturated rings. The van der Waals surface area contributed by atoms with E-state index in [-0.39, 0.29) is 12.5 Å². The van der Waals surface area contributed by atoms with Crippen LogP contribution in [0.5, 0.6) is 0 Å². The minimum absolute atomic E-state index is 0.118. The molecule has 0 bridgehead atoms. The molecule has 0 saturated carbocycles. The van der Waals surface area contributed by atoms with Crippen LogP contribution in [-0.2, 0) is 6.54 Å². The summed E-state index contributed by atoms with van der Waals surface area (Å²) in [6.45, 7) is 0.118. The highest BCUT2D eigenvalue weighted by Crippen LogP contribution is 2.09. The number of rotatable bonds is 4. The molecule has 20 heavy (non-hydrogen) atoms. The first-order valence-electron chi connectivity index (χ1n) is 5.96. The van der Waals surface area contributed by atoms with Gasteiger partial charge in [0.2, 0.25) is 0 Å². The van der Waals surface area contributed by atoms with Crippen LogP contribution < -0.4 is 10.6 Å². The van der Waals surface area contributed by atoms with E-state index in [1.54, 1.807) is 19.2 Å². The maximum absolute atomic E-state index is 13.0. The summed E-state index contributed by atoms with van der Waals surface area (Å²) in [6.07, 6.45) is 1.51. The van der Waals surface area contributed by atoms with Crippen LogP contribution in [0.4, 0.5) is 14.6 Å². The van der Waals surface area contributed by atoms with Crippen molar-refractivity contribution in [2.75, 3.05) is 12.4 Å². The number of hydrogen-bond acceptors (Lipinski definition) is 3. The molecule has 0 aliphatic carbocycles. The Morgan fingerprint density at radius 1 is 1.20 bits per heavy atom. The largest absolute Gasteiger partial charge is 0.373 e. The molecule has 1 amide bonds. The lowest BCUT2D eigenvalue weighted by Crippen LogP contribution is -2.23. The summed E-state index contributed by atoms with van der Waals surface area (Å²) in [5.74, 6) is -1.58. The molecule has 6 heteroatoms. The molecular weight excluding hydrogens is 264 g/mol. The predicted octanol–water partition coefficient (Wildman–Crippen LogP) is 2.33. The van der Waals surface area contributed by atoms with Crippen molar-refractivity contribution in [2.45, 2.75) is 6.54 Å². The van der Waals surface area contributed by atoms with Gasteiger partial charge in [0.15, 0.2) is 11.6 Å². The van der Waals surface area contributed by atoms with E-state index in [1.807, 2.05) is 0 Å². The van der Waals surface area contributed by atoms with Crippen molar-refractivity contribution < 1.29 is 13.6 Å². The fourth-order valence-corrected chi connectivity index (χ4v) is 1.64. The van der Waals surface area contributed by atoms with Crippen molar-refractivity contribution in [1.82, 2.24) is 10.3 Å². The quantitative estimate of drug-likeness (QED) is 0.902. The van der Waals surface area contributed by atoms with Crippen LogP contribution in [0.1, 0.15) is 15.9 Å². The number of aromatic nitrogens is 1. The van der Waals surface area contributed by atoms with Crippen molar-refractivity contribution in [3.63, 3.8) is 0 Å². The van der Waals surface area contributed by atoms with Gasteiger partial charge < -0.3 is 10.6 Å². The van der Waals surface area contributed by atoms with Crippen LogP contribution in [0, 0.1) is 11.6 Å². The third-order valence-corrected chi connectivity index (χ3v) is 2.72. The van der Waals surface area contributed by atoms with Crippen LogP contribution in [0.3, 0.4) is 0 Å². The number of pyridine rings is 1. The lowest BCUT2D eigenvalue weighted by molar-refractivity contribution is 0.0951. The average molecular weight is 277 g/mol. The lowest BCUT2D eigenvalue weighted by atomic mass is 10.2. The first kappa shape index (κ1) is 13.9. The van der Waals surface area contributed by atoms with Gasteiger partial charge in [-0.05, 0) is 29.8 Å². The molecule has 0 aliphatic rings. The SMILES string of the molecule is CNc1cc(C(=O)NCc2ccc(F)c(F)c2)ccn1. The molecule has 2 N–H and O–H groups in total. The number of anilines is 1. The number of hydrogen-bond donors (Lipinski definition) is 2. The zero-order valence-corrected chi connectivity index (χ0v) is 10.8. The summed E-state index contributed by atoms with van der Waals surface area (Å²) in [5, 5.41) is 5.46. The van der Waals surface area contributed by atoms with E-state index in [4.69, 9.17) is 0 Å². The number of nitrogens with one attached hydrogen (secondary N) is 2. The zero-order valence-electron chi connectivity index (χ0n) is 10.8. The molecule has 0 radical (unpaired) electrons. The molecule has 0 atom stereocenters. The highest BCUT2D eigenvalue weighted by atomic mass is 19.2.